The van der Waals surface area contributed by atoms with Crippen LogP contribution in [-0.4, -0.2) is 18.8 Å². The number of hydrogen-bond donors (Lipinski definition) is 1. The number of rotatable bonds is 2. The molecule has 1 aliphatic rings. The van der Waals surface area contributed by atoms with E-state index in [4.69, 9.17) is 15.2 Å². The fourth-order valence-electron chi connectivity index (χ4n) is 2.24. The van der Waals surface area contributed by atoms with Crippen LogP contribution in [0.2, 0.25) is 0 Å². The van der Waals surface area contributed by atoms with Gasteiger partial charge in [-0.1, -0.05) is 0 Å². The van der Waals surface area contributed by atoms with Gasteiger partial charge in [-0.3, -0.25) is 0 Å². The molecule has 1 heterocycles. The van der Waals surface area contributed by atoms with E-state index in [1.54, 1.807) is 13.2 Å². The Morgan fingerprint density at radius 1 is 1.59 bits per heavy atom. The standard InChI is InChI=1S/C13H18FNO2/c1-8(16-3)13(2)7-11(15)10-6-9(14)4-5-12(10)17-13/h4-6,8,11H,7,15H2,1-3H3/t8?,11-,13?/m0/s1. The summed E-state index contributed by atoms with van der Waals surface area (Å²) < 4.78 is 24.4. The Labute approximate surface area is 101 Å². The van der Waals surface area contributed by atoms with Gasteiger partial charge in [-0.05, 0) is 32.0 Å². The zero-order valence-corrected chi connectivity index (χ0v) is 10.4. The van der Waals surface area contributed by atoms with Gasteiger partial charge in [0.15, 0.2) is 0 Å². The van der Waals surface area contributed by atoms with Crippen molar-refractivity contribution < 1.29 is 13.9 Å². The summed E-state index contributed by atoms with van der Waals surface area (Å²) >= 11 is 0. The lowest BCUT2D eigenvalue weighted by Crippen LogP contribution is -2.49. The summed E-state index contributed by atoms with van der Waals surface area (Å²) in [5.74, 6) is 0.364. The summed E-state index contributed by atoms with van der Waals surface area (Å²) in [5, 5.41) is 0. The molecule has 4 heteroatoms. The Bertz CT molecular complexity index is 424. The van der Waals surface area contributed by atoms with Gasteiger partial charge in [0.1, 0.15) is 17.2 Å². The first-order valence-electron chi connectivity index (χ1n) is 5.73. The van der Waals surface area contributed by atoms with E-state index in [2.05, 4.69) is 0 Å². The zero-order valence-electron chi connectivity index (χ0n) is 10.4. The molecular formula is C13H18FNO2. The van der Waals surface area contributed by atoms with Gasteiger partial charge in [-0.25, -0.2) is 4.39 Å². The number of ether oxygens (including phenoxy) is 2. The number of methoxy groups -OCH3 is 1. The predicted octanol–water partition coefficient (Wildman–Crippen LogP) is 2.40. The summed E-state index contributed by atoms with van der Waals surface area (Å²) in [4.78, 5) is 0. The number of hydrogen-bond acceptors (Lipinski definition) is 3. The first-order valence-corrected chi connectivity index (χ1v) is 5.73. The van der Waals surface area contributed by atoms with Crippen molar-refractivity contribution in [1.82, 2.24) is 0 Å². The largest absolute Gasteiger partial charge is 0.484 e. The van der Waals surface area contributed by atoms with Crippen molar-refractivity contribution in [2.45, 2.75) is 38.0 Å². The topological polar surface area (TPSA) is 44.5 Å². The molecule has 0 spiro atoms. The van der Waals surface area contributed by atoms with Crippen molar-refractivity contribution in [3.63, 3.8) is 0 Å². The van der Waals surface area contributed by atoms with Crippen molar-refractivity contribution >= 4 is 0 Å². The van der Waals surface area contributed by atoms with Gasteiger partial charge in [0.2, 0.25) is 0 Å². The molecule has 0 aliphatic carbocycles. The number of benzene rings is 1. The molecule has 0 bridgehead atoms. The molecule has 94 valence electrons. The van der Waals surface area contributed by atoms with Crippen LogP contribution in [0, 0.1) is 5.82 Å². The lowest BCUT2D eigenvalue weighted by atomic mass is 9.85. The van der Waals surface area contributed by atoms with Gasteiger partial charge in [-0.15, -0.1) is 0 Å². The van der Waals surface area contributed by atoms with Crippen LogP contribution in [-0.2, 0) is 4.74 Å². The molecule has 3 nitrogen and oxygen atoms in total. The fourth-order valence-corrected chi connectivity index (χ4v) is 2.24. The maximum Gasteiger partial charge on any atom is 0.134 e. The highest BCUT2D eigenvalue weighted by atomic mass is 19.1. The normalized spacial score (nSPS) is 29.4. The van der Waals surface area contributed by atoms with Crippen molar-refractivity contribution in [1.29, 1.82) is 0 Å². The molecule has 2 unspecified atom stereocenters. The molecule has 1 aliphatic heterocycles. The van der Waals surface area contributed by atoms with Gasteiger partial charge < -0.3 is 15.2 Å². The molecule has 2 N–H and O–H groups in total. The molecule has 0 aromatic heterocycles. The third-order valence-electron chi connectivity index (χ3n) is 3.55. The summed E-state index contributed by atoms with van der Waals surface area (Å²) in [7, 11) is 1.64. The molecule has 0 fully saturated rings. The average Bonchev–Trinajstić information content (AvgIpc) is 2.29. The van der Waals surface area contributed by atoms with Crippen LogP contribution in [0.5, 0.6) is 5.75 Å². The second-order valence-corrected chi connectivity index (χ2v) is 4.79. The van der Waals surface area contributed by atoms with Crippen molar-refractivity contribution in [2.24, 2.45) is 5.73 Å². The van der Waals surface area contributed by atoms with Gasteiger partial charge in [0, 0.05) is 25.1 Å². The Kier molecular flexibility index (Phi) is 3.10. The summed E-state index contributed by atoms with van der Waals surface area (Å²) in [5.41, 5.74) is 6.34. The van der Waals surface area contributed by atoms with Crippen LogP contribution in [0.1, 0.15) is 31.9 Å². The van der Waals surface area contributed by atoms with E-state index in [0.717, 1.165) is 5.56 Å². The average molecular weight is 239 g/mol. The molecule has 0 radical (unpaired) electrons. The van der Waals surface area contributed by atoms with Crippen LogP contribution in [0.25, 0.3) is 0 Å². The second-order valence-electron chi connectivity index (χ2n) is 4.79. The quantitative estimate of drug-likeness (QED) is 0.862. The van der Waals surface area contributed by atoms with E-state index in [-0.39, 0.29) is 18.0 Å². The highest BCUT2D eigenvalue weighted by Gasteiger charge is 2.40. The molecule has 0 amide bonds. The Hall–Kier alpha value is -1.13. The van der Waals surface area contributed by atoms with Gasteiger partial charge in [0.25, 0.3) is 0 Å². The van der Waals surface area contributed by atoms with Crippen molar-refractivity contribution in [3.05, 3.63) is 29.6 Å². The minimum Gasteiger partial charge on any atom is -0.484 e. The SMILES string of the molecule is COC(C)C1(C)C[C@H](N)c2cc(F)ccc2O1. The Morgan fingerprint density at radius 3 is 2.94 bits per heavy atom. The van der Waals surface area contributed by atoms with Gasteiger partial charge >= 0.3 is 0 Å². The third kappa shape index (κ3) is 2.15. The molecule has 17 heavy (non-hydrogen) atoms. The molecule has 1 aromatic carbocycles. The first-order chi connectivity index (χ1) is 7.96. The van der Waals surface area contributed by atoms with E-state index < -0.39 is 5.60 Å². The lowest BCUT2D eigenvalue weighted by Gasteiger charge is -2.41. The van der Waals surface area contributed by atoms with Crippen LogP contribution >= 0.6 is 0 Å². The molecule has 1 aromatic rings. The molecule has 0 saturated heterocycles. The van der Waals surface area contributed by atoms with Crippen LogP contribution < -0.4 is 10.5 Å². The Balaban J connectivity index is 2.36. The maximum absolute atomic E-state index is 13.1. The molecular weight excluding hydrogens is 221 g/mol. The zero-order chi connectivity index (χ0) is 12.6. The van der Waals surface area contributed by atoms with E-state index in [0.29, 0.717) is 12.2 Å². The minimum absolute atomic E-state index is 0.0771. The minimum atomic E-state index is -0.473. The third-order valence-corrected chi connectivity index (χ3v) is 3.55. The van der Waals surface area contributed by atoms with Crippen LogP contribution in [0.3, 0.4) is 0 Å². The highest BCUT2D eigenvalue weighted by Crippen LogP contribution is 2.40. The van der Waals surface area contributed by atoms with Crippen LogP contribution in [0.15, 0.2) is 18.2 Å². The lowest BCUT2D eigenvalue weighted by molar-refractivity contribution is -0.0708. The fraction of sp³-hybridized carbons (Fsp3) is 0.538. The van der Waals surface area contributed by atoms with Gasteiger partial charge in [0.05, 0.1) is 6.10 Å². The molecule has 2 rings (SSSR count). The van der Waals surface area contributed by atoms with E-state index in [1.807, 2.05) is 13.8 Å². The predicted molar refractivity (Wildman–Crippen MR) is 63.4 cm³/mol. The Morgan fingerprint density at radius 2 is 2.29 bits per heavy atom. The van der Waals surface area contributed by atoms with Crippen molar-refractivity contribution in [3.8, 4) is 5.75 Å². The first kappa shape index (κ1) is 12.3. The van der Waals surface area contributed by atoms with Crippen molar-refractivity contribution in [2.75, 3.05) is 7.11 Å². The number of fused-ring (bicyclic) bond motifs is 1. The maximum atomic E-state index is 13.1. The molecule has 0 saturated carbocycles. The van der Waals surface area contributed by atoms with E-state index in [9.17, 15) is 4.39 Å². The summed E-state index contributed by atoms with van der Waals surface area (Å²) in [6.07, 6.45) is 0.533. The number of halogens is 1. The van der Waals surface area contributed by atoms with Gasteiger partial charge in [-0.2, -0.15) is 0 Å². The van der Waals surface area contributed by atoms with Crippen LogP contribution in [0.4, 0.5) is 4.39 Å². The second kappa shape index (κ2) is 4.27. The smallest absolute Gasteiger partial charge is 0.134 e. The van der Waals surface area contributed by atoms with E-state index in [1.165, 1.54) is 12.1 Å². The highest BCUT2D eigenvalue weighted by molar-refractivity contribution is 5.39. The van der Waals surface area contributed by atoms with E-state index >= 15 is 0 Å². The summed E-state index contributed by atoms with van der Waals surface area (Å²) in [6, 6.07) is 4.23. The molecule has 3 atom stereocenters. The monoisotopic (exact) mass is 239 g/mol. The number of nitrogens with two attached hydrogens (primary N) is 1. The summed E-state index contributed by atoms with van der Waals surface area (Å²) in [6.45, 7) is 3.91.